The van der Waals surface area contributed by atoms with E-state index in [0.717, 1.165) is 53.4 Å². The molecule has 1 aliphatic heterocycles. The van der Waals surface area contributed by atoms with Crippen LogP contribution in [0.2, 0.25) is 0 Å². The van der Waals surface area contributed by atoms with Crippen LogP contribution in [0.4, 0.5) is 5.69 Å². The van der Waals surface area contributed by atoms with Gasteiger partial charge in [-0.3, -0.25) is 5.01 Å². The first-order valence-electron chi connectivity index (χ1n) is 8.21. The molecule has 3 rings (SSSR count). The van der Waals surface area contributed by atoms with E-state index in [1.807, 2.05) is 42.6 Å². The highest BCUT2D eigenvalue weighted by Crippen LogP contribution is 2.28. The molecule has 0 saturated carbocycles. The van der Waals surface area contributed by atoms with Crippen LogP contribution in [0.5, 0.6) is 11.5 Å². The maximum Gasteiger partial charge on any atom is 0.142 e. The second-order valence-corrected chi connectivity index (χ2v) is 6.66. The van der Waals surface area contributed by atoms with Crippen molar-refractivity contribution in [3.63, 3.8) is 0 Å². The van der Waals surface area contributed by atoms with Crippen LogP contribution in [0, 0.1) is 0 Å². The molecule has 0 spiro atoms. The van der Waals surface area contributed by atoms with Crippen molar-refractivity contribution in [1.29, 1.82) is 0 Å². The highest BCUT2D eigenvalue weighted by molar-refractivity contribution is 9.10. The minimum absolute atomic E-state index is 0.819. The summed E-state index contributed by atoms with van der Waals surface area (Å²) >= 11 is 3.49. The van der Waals surface area contributed by atoms with Gasteiger partial charge in [0.1, 0.15) is 11.5 Å². The van der Waals surface area contributed by atoms with E-state index in [1.54, 1.807) is 14.2 Å². The van der Waals surface area contributed by atoms with Gasteiger partial charge in [0.2, 0.25) is 0 Å². The quantitative estimate of drug-likeness (QED) is 0.714. The van der Waals surface area contributed by atoms with Crippen LogP contribution in [0.15, 0.2) is 52.0 Å². The summed E-state index contributed by atoms with van der Waals surface area (Å²) in [6, 6.07) is 14.0. The zero-order chi connectivity index (χ0) is 17.6. The molecule has 0 aliphatic carbocycles. The summed E-state index contributed by atoms with van der Waals surface area (Å²) in [5, 5.41) is 6.71. The molecule has 0 N–H and O–H groups in total. The molecule has 1 saturated heterocycles. The number of ether oxygens (including phenoxy) is 2. The molecule has 2 aromatic carbocycles. The van der Waals surface area contributed by atoms with Crippen LogP contribution < -0.4 is 14.4 Å². The zero-order valence-corrected chi connectivity index (χ0v) is 16.1. The van der Waals surface area contributed by atoms with Crippen molar-refractivity contribution < 1.29 is 9.47 Å². The number of benzene rings is 2. The molecule has 1 aliphatic rings. The molecule has 6 heteroatoms. The molecule has 0 atom stereocenters. The van der Waals surface area contributed by atoms with E-state index in [1.165, 1.54) is 0 Å². The second kappa shape index (κ2) is 8.25. The topological polar surface area (TPSA) is 37.3 Å². The molecular weight excluding hydrogens is 382 g/mol. The summed E-state index contributed by atoms with van der Waals surface area (Å²) in [4.78, 5) is 2.34. The Morgan fingerprint density at radius 3 is 2.40 bits per heavy atom. The van der Waals surface area contributed by atoms with Crippen LogP contribution in [0.25, 0.3) is 0 Å². The normalized spacial score (nSPS) is 14.8. The first-order chi connectivity index (χ1) is 12.2. The van der Waals surface area contributed by atoms with Crippen LogP contribution >= 0.6 is 15.9 Å². The fourth-order valence-electron chi connectivity index (χ4n) is 2.89. The fourth-order valence-corrected chi connectivity index (χ4v) is 3.27. The summed E-state index contributed by atoms with van der Waals surface area (Å²) in [6.45, 7) is 3.55. The summed E-state index contributed by atoms with van der Waals surface area (Å²) in [5.74, 6) is 1.73. The standard InChI is InChI=1S/C19H22BrN3O2/c1-24-18-8-7-16(20)13-15(18)14-21-23-11-9-22(10-12-23)17-5-3-4-6-19(17)25-2/h3-8,13-14H,9-12H2,1-2H3/b21-14-. The van der Waals surface area contributed by atoms with Crippen molar-refractivity contribution in [3.05, 3.63) is 52.5 Å². The Morgan fingerprint density at radius 2 is 1.68 bits per heavy atom. The fraction of sp³-hybridized carbons (Fsp3) is 0.316. The van der Waals surface area contributed by atoms with E-state index in [0.29, 0.717) is 0 Å². The third-order valence-electron chi connectivity index (χ3n) is 4.23. The van der Waals surface area contributed by atoms with Gasteiger partial charge in [0.25, 0.3) is 0 Å². The molecule has 1 heterocycles. The number of hydrogen-bond donors (Lipinski definition) is 0. The third-order valence-corrected chi connectivity index (χ3v) is 4.73. The van der Waals surface area contributed by atoms with Gasteiger partial charge >= 0.3 is 0 Å². The zero-order valence-electron chi connectivity index (χ0n) is 14.5. The molecule has 132 valence electrons. The molecule has 0 bridgehead atoms. The van der Waals surface area contributed by atoms with Gasteiger partial charge < -0.3 is 14.4 Å². The Morgan fingerprint density at radius 1 is 0.960 bits per heavy atom. The van der Waals surface area contributed by atoms with Crippen molar-refractivity contribution in [2.24, 2.45) is 5.10 Å². The lowest BCUT2D eigenvalue weighted by atomic mass is 10.2. The maximum atomic E-state index is 5.46. The number of para-hydroxylation sites is 2. The van der Waals surface area contributed by atoms with Gasteiger partial charge in [-0.15, -0.1) is 0 Å². The molecule has 25 heavy (non-hydrogen) atoms. The predicted molar refractivity (Wildman–Crippen MR) is 105 cm³/mol. The Labute approximate surface area is 157 Å². The van der Waals surface area contributed by atoms with Crippen molar-refractivity contribution >= 4 is 27.8 Å². The molecule has 0 amide bonds. The summed E-state index contributed by atoms with van der Waals surface area (Å²) in [6.07, 6.45) is 1.86. The smallest absolute Gasteiger partial charge is 0.142 e. The molecule has 0 radical (unpaired) electrons. The minimum atomic E-state index is 0.819. The van der Waals surface area contributed by atoms with E-state index in [-0.39, 0.29) is 0 Å². The highest BCUT2D eigenvalue weighted by atomic mass is 79.9. The van der Waals surface area contributed by atoms with Gasteiger partial charge in [-0.2, -0.15) is 5.10 Å². The van der Waals surface area contributed by atoms with Crippen LogP contribution in [0.3, 0.4) is 0 Å². The van der Waals surface area contributed by atoms with Crippen molar-refractivity contribution in [1.82, 2.24) is 5.01 Å². The Bertz CT molecular complexity index is 743. The number of halogens is 1. The Balaban J connectivity index is 1.64. The lowest BCUT2D eigenvalue weighted by Gasteiger charge is -2.35. The molecular formula is C19H22BrN3O2. The van der Waals surface area contributed by atoms with Gasteiger partial charge in [0.15, 0.2) is 0 Å². The minimum Gasteiger partial charge on any atom is -0.496 e. The van der Waals surface area contributed by atoms with E-state index in [9.17, 15) is 0 Å². The van der Waals surface area contributed by atoms with Gasteiger partial charge in [-0.1, -0.05) is 28.1 Å². The van der Waals surface area contributed by atoms with E-state index < -0.39 is 0 Å². The van der Waals surface area contributed by atoms with E-state index in [4.69, 9.17) is 9.47 Å². The van der Waals surface area contributed by atoms with Crippen LogP contribution in [0.1, 0.15) is 5.56 Å². The average molecular weight is 404 g/mol. The maximum absolute atomic E-state index is 5.46. The van der Waals surface area contributed by atoms with E-state index >= 15 is 0 Å². The molecule has 5 nitrogen and oxygen atoms in total. The van der Waals surface area contributed by atoms with Gasteiger partial charge in [0, 0.05) is 23.1 Å². The van der Waals surface area contributed by atoms with Gasteiger partial charge in [-0.25, -0.2) is 0 Å². The molecule has 0 unspecified atom stereocenters. The van der Waals surface area contributed by atoms with Crippen molar-refractivity contribution in [2.75, 3.05) is 45.3 Å². The summed E-state index contributed by atoms with van der Waals surface area (Å²) < 4.78 is 11.9. The monoisotopic (exact) mass is 403 g/mol. The van der Waals surface area contributed by atoms with Crippen molar-refractivity contribution in [3.8, 4) is 11.5 Å². The average Bonchev–Trinajstić information content (AvgIpc) is 2.67. The number of hydrogen-bond acceptors (Lipinski definition) is 5. The van der Waals surface area contributed by atoms with Crippen LogP contribution in [-0.4, -0.2) is 51.6 Å². The van der Waals surface area contributed by atoms with Gasteiger partial charge in [-0.05, 0) is 30.3 Å². The van der Waals surface area contributed by atoms with Crippen LogP contribution in [-0.2, 0) is 0 Å². The number of nitrogens with zero attached hydrogens (tertiary/aromatic N) is 3. The highest BCUT2D eigenvalue weighted by Gasteiger charge is 2.18. The Hall–Kier alpha value is -2.21. The lowest BCUT2D eigenvalue weighted by molar-refractivity contribution is 0.271. The second-order valence-electron chi connectivity index (χ2n) is 5.74. The first kappa shape index (κ1) is 17.6. The molecule has 0 aromatic heterocycles. The summed E-state index contributed by atoms with van der Waals surface area (Å²) in [7, 11) is 3.39. The number of hydrazone groups is 1. The number of anilines is 1. The molecule has 1 fully saturated rings. The lowest BCUT2D eigenvalue weighted by Crippen LogP contribution is -2.44. The Kier molecular flexibility index (Phi) is 5.81. The molecule has 2 aromatic rings. The summed E-state index contributed by atoms with van der Waals surface area (Å²) in [5.41, 5.74) is 2.10. The predicted octanol–water partition coefficient (Wildman–Crippen LogP) is 3.62. The third kappa shape index (κ3) is 4.25. The van der Waals surface area contributed by atoms with Gasteiger partial charge in [0.05, 0.1) is 39.2 Å². The van der Waals surface area contributed by atoms with E-state index in [2.05, 4.69) is 37.0 Å². The number of piperazine rings is 1. The number of methoxy groups -OCH3 is 2. The SMILES string of the molecule is COc1ccc(Br)cc1/C=N\N1CCN(c2ccccc2OC)CC1. The first-order valence-corrected chi connectivity index (χ1v) is 9.01. The number of rotatable bonds is 5. The van der Waals surface area contributed by atoms with Crippen molar-refractivity contribution in [2.45, 2.75) is 0 Å². The largest absolute Gasteiger partial charge is 0.496 e.